The normalized spacial score (nSPS) is 16.3. The molecule has 6 nitrogen and oxygen atoms in total. The molecule has 1 aromatic carbocycles. The molecule has 1 amide bonds. The van der Waals surface area contributed by atoms with Gasteiger partial charge in [-0.15, -0.1) is 11.3 Å². The Hall–Kier alpha value is -2.74. The second-order valence-electron chi connectivity index (χ2n) is 7.00. The number of halogens is 1. The number of ether oxygens (including phenoxy) is 1. The zero-order chi connectivity index (χ0) is 21.1. The van der Waals surface area contributed by atoms with Gasteiger partial charge in [0.15, 0.2) is 0 Å². The molecule has 4 rings (SSSR count). The maximum absolute atomic E-state index is 12.1. The van der Waals surface area contributed by atoms with Crippen LogP contribution in [-0.2, 0) is 11.2 Å². The van der Waals surface area contributed by atoms with Crippen LogP contribution in [0.4, 0.5) is 0 Å². The lowest BCUT2D eigenvalue weighted by Gasteiger charge is -2.11. The van der Waals surface area contributed by atoms with Gasteiger partial charge in [0.1, 0.15) is 11.9 Å². The number of nitrogens with one attached hydrogen (secondary N) is 1. The van der Waals surface area contributed by atoms with E-state index in [0.29, 0.717) is 29.4 Å². The minimum absolute atomic E-state index is 0.182. The molecule has 2 aromatic heterocycles. The summed E-state index contributed by atoms with van der Waals surface area (Å²) in [7, 11) is 0. The lowest BCUT2D eigenvalue weighted by Crippen LogP contribution is -2.33. The summed E-state index contributed by atoms with van der Waals surface area (Å²) in [6, 6.07) is 11.4. The molecule has 8 heteroatoms. The molecule has 3 heterocycles. The van der Waals surface area contributed by atoms with Gasteiger partial charge >= 0.3 is 0 Å². The maximum atomic E-state index is 12.1. The minimum atomic E-state index is -0.493. The Morgan fingerprint density at radius 3 is 3.03 bits per heavy atom. The van der Waals surface area contributed by atoms with Crippen LogP contribution >= 0.6 is 22.9 Å². The number of aliphatic hydroxyl groups excluding tert-OH is 1. The first-order chi connectivity index (χ1) is 14.5. The van der Waals surface area contributed by atoms with Crippen LogP contribution in [0.2, 0.25) is 5.02 Å². The summed E-state index contributed by atoms with van der Waals surface area (Å²) in [5.41, 5.74) is 2.62. The summed E-state index contributed by atoms with van der Waals surface area (Å²) >= 11 is 8.00. The zero-order valence-corrected chi connectivity index (χ0v) is 17.8. The van der Waals surface area contributed by atoms with Crippen LogP contribution < -0.4 is 10.1 Å². The topological polar surface area (TPSA) is 84.3 Å². The fourth-order valence-electron chi connectivity index (χ4n) is 3.21. The average Bonchev–Trinajstić information content (AvgIpc) is 3.39. The van der Waals surface area contributed by atoms with Crippen LogP contribution in [0.25, 0.3) is 16.5 Å². The van der Waals surface area contributed by atoms with Crippen molar-refractivity contribution in [3.63, 3.8) is 0 Å². The lowest BCUT2D eigenvalue weighted by atomic mass is 10.1. The van der Waals surface area contributed by atoms with E-state index in [0.717, 1.165) is 20.9 Å². The highest BCUT2D eigenvalue weighted by atomic mass is 35.5. The standard InChI is InChI=1S/C22H20ClN3O3S/c1-13(27)19-5-6-20(30-19)14-9-15-10-17(29-22(15)18(23)11-14)12-24-21(28)7-4-16-3-2-8-25-26-16/h2-9,11,13,17,27H,10,12H2,1H3,(H,24,28)/b7-4+. The molecule has 0 saturated carbocycles. The third kappa shape index (κ3) is 4.70. The molecule has 0 saturated heterocycles. The van der Waals surface area contributed by atoms with Gasteiger partial charge in [0, 0.05) is 34.0 Å². The molecule has 0 radical (unpaired) electrons. The smallest absolute Gasteiger partial charge is 0.244 e. The first kappa shape index (κ1) is 20.5. The van der Waals surface area contributed by atoms with Gasteiger partial charge in [-0.1, -0.05) is 11.6 Å². The van der Waals surface area contributed by atoms with E-state index in [1.165, 1.54) is 6.08 Å². The van der Waals surface area contributed by atoms with E-state index in [-0.39, 0.29) is 12.0 Å². The number of rotatable bonds is 6. The van der Waals surface area contributed by atoms with E-state index in [2.05, 4.69) is 21.6 Å². The Labute approximate surface area is 183 Å². The number of thiophene rings is 1. The third-order valence-corrected chi connectivity index (χ3v) is 6.26. The van der Waals surface area contributed by atoms with Crippen LogP contribution in [-0.4, -0.2) is 33.9 Å². The summed E-state index contributed by atoms with van der Waals surface area (Å²) in [6.07, 6.45) is 4.59. The van der Waals surface area contributed by atoms with Crippen molar-refractivity contribution in [3.05, 3.63) is 69.8 Å². The van der Waals surface area contributed by atoms with Gasteiger partial charge in [0.25, 0.3) is 0 Å². The van der Waals surface area contributed by atoms with E-state index >= 15 is 0 Å². The molecule has 2 N–H and O–H groups in total. The molecular weight excluding hydrogens is 422 g/mol. The SMILES string of the molecule is CC(O)c1ccc(-c2cc(Cl)c3c(c2)CC(CNC(=O)/C=C/c2cccnn2)O3)s1. The summed E-state index contributed by atoms with van der Waals surface area (Å²) in [5, 5.41) is 20.8. The predicted octanol–water partition coefficient (Wildman–Crippen LogP) is 4.04. The van der Waals surface area contributed by atoms with E-state index in [4.69, 9.17) is 16.3 Å². The van der Waals surface area contributed by atoms with Gasteiger partial charge in [-0.25, -0.2) is 0 Å². The Bertz CT molecular complexity index is 1080. The average molecular weight is 442 g/mol. The molecule has 0 fully saturated rings. The number of carbonyl (C=O) groups excluding carboxylic acids is 1. The molecule has 1 aliphatic heterocycles. The fourth-order valence-corrected chi connectivity index (χ4v) is 4.43. The zero-order valence-electron chi connectivity index (χ0n) is 16.2. The number of amides is 1. The van der Waals surface area contributed by atoms with Crippen molar-refractivity contribution >= 4 is 34.9 Å². The number of nitrogens with zero attached hydrogens (tertiary/aromatic N) is 2. The third-order valence-electron chi connectivity index (χ3n) is 4.68. The monoisotopic (exact) mass is 441 g/mol. The van der Waals surface area contributed by atoms with Crippen molar-refractivity contribution in [2.75, 3.05) is 6.54 Å². The Morgan fingerprint density at radius 2 is 2.30 bits per heavy atom. The van der Waals surface area contributed by atoms with Crippen molar-refractivity contribution in [1.82, 2.24) is 15.5 Å². The second-order valence-corrected chi connectivity index (χ2v) is 8.52. The number of hydrogen-bond acceptors (Lipinski definition) is 6. The molecule has 0 spiro atoms. The van der Waals surface area contributed by atoms with Crippen LogP contribution in [0.3, 0.4) is 0 Å². The van der Waals surface area contributed by atoms with Crippen molar-refractivity contribution in [2.24, 2.45) is 0 Å². The highest BCUT2D eigenvalue weighted by Crippen LogP contribution is 2.41. The van der Waals surface area contributed by atoms with Crippen LogP contribution in [0.15, 0.2) is 48.7 Å². The molecule has 0 aliphatic carbocycles. The molecule has 30 heavy (non-hydrogen) atoms. The fraction of sp³-hybridized carbons (Fsp3) is 0.227. The molecule has 3 aromatic rings. The van der Waals surface area contributed by atoms with E-state index in [1.54, 1.807) is 42.7 Å². The van der Waals surface area contributed by atoms with E-state index in [1.807, 2.05) is 18.2 Å². The molecule has 2 atom stereocenters. The van der Waals surface area contributed by atoms with E-state index in [9.17, 15) is 9.90 Å². The molecular formula is C22H20ClN3O3S. The molecule has 2 unspecified atom stereocenters. The minimum Gasteiger partial charge on any atom is -0.486 e. The predicted molar refractivity (Wildman–Crippen MR) is 118 cm³/mol. The molecule has 1 aliphatic rings. The highest BCUT2D eigenvalue weighted by molar-refractivity contribution is 7.15. The molecule has 154 valence electrons. The summed E-state index contributed by atoms with van der Waals surface area (Å²) in [4.78, 5) is 14.0. The van der Waals surface area contributed by atoms with Gasteiger partial charge in [0.2, 0.25) is 5.91 Å². The van der Waals surface area contributed by atoms with Crippen LogP contribution in [0.1, 0.15) is 29.2 Å². The molecule has 0 bridgehead atoms. The Morgan fingerprint density at radius 1 is 1.43 bits per heavy atom. The number of aromatic nitrogens is 2. The van der Waals surface area contributed by atoms with Gasteiger partial charge in [-0.05, 0) is 55.0 Å². The van der Waals surface area contributed by atoms with Gasteiger partial charge < -0.3 is 15.2 Å². The van der Waals surface area contributed by atoms with Gasteiger partial charge in [-0.2, -0.15) is 10.2 Å². The summed E-state index contributed by atoms with van der Waals surface area (Å²) in [5.74, 6) is 0.443. The first-order valence-electron chi connectivity index (χ1n) is 9.50. The van der Waals surface area contributed by atoms with Crippen molar-refractivity contribution in [2.45, 2.75) is 25.6 Å². The maximum Gasteiger partial charge on any atom is 0.244 e. The Kier molecular flexibility index (Phi) is 6.13. The van der Waals surface area contributed by atoms with Crippen molar-refractivity contribution in [3.8, 4) is 16.2 Å². The highest BCUT2D eigenvalue weighted by Gasteiger charge is 2.26. The summed E-state index contributed by atoms with van der Waals surface area (Å²) in [6.45, 7) is 2.12. The number of benzene rings is 1. The van der Waals surface area contributed by atoms with Gasteiger partial charge in [0.05, 0.1) is 23.4 Å². The summed E-state index contributed by atoms with van der Waals surface area (Å²) < 4.78 is 5.96. The van der Waals surface area contributed by atoms with E-state index < -0.39 is 6.10 Å². The number of hydrogen-bond donors (Lipinski definition) is 2. The largest absolute Gasteiger partial charge is 0.486 e. The lowest BCUT2D eigenvalue weighted by molar-refractivity contribution is -0.116. The van der Waals surface area contributed by atoms with Gasteiger partial charge in [-0.3, -0.25) is 4.79 Å². The van der Waals surface area contributed by atoms with Crippen LogP contribution in [0, 0.1) is 0 Å². The van der Waals surface area contributed by atoms with Crippen LogP contribution in [0.5, 0.6) is 5.75 Å². The van der Waals surface area contributed by atoms with Crippen molar-refractivity contribution < 1.29 is 14.6 Å². The quantitative estimate of drug-likeness (QED) is 0.564. The first-order valence-corrected chi connectivity index (χ1v) is 10.7. The Balaban J connectivity index is 1.38. The number of carbonyl (C=O) groups is 1. The number of aliphatic hydroxyl groups is 1. The van der Waals surface area contributed by atoms with Crippen molar-refractivity contribution in [1.29, 1.82) is 0 Å². The second kappa shape index (κ2) is 8.95. The number of fused-ring (bicyclic) bond motifs is 1.